The molecule has 1 amide bonds. The summed E-state index contributed by atoms with van der Waals surface area (Å²) < 4.78 is 1.75. The second-order valence-electron chi connectivity index (χ2n) is 4.93. The number of carbonyl (C=O) groups excluding carboxylic acids is 1. The van der Waals surface area contributed by atoms with Crippen molar-refractivity contribution < 1.29 is 4.79 Å². The van der Waals surface area contributed by atoms with Crippen molar-refractivity contribution in [1.29, 1.82) is 0 Å². The van der Waals surface area contributed by atoms with Crippen LogP contribution in [-0.2, 0) is 4.79 Å². The van der Waals surface area contributed by atoms with Gasteiger partial charge < -0.3 is 0 Å². The Morgan fingerprint density at radius 3 is 2.63 bits per heavy atom. The van der Waals surface area contributed by atoms with E-state index in [0.29, 0.717) is 11.3 Å². The largest absolute Gasteiger partial charge is 0.272 e. The zero-order valence-electron chi connectivity index (χ0n) is 10.7. The van der Waals surface area contributed by atoms with Crippen molar-refractivity contribution >= 4 is 5.91 Å². The molecule has 96 valence electrons. The predicted octanol–water partition coefficient (Wildman–Crippen LogP) is 1.96. The van der Waals surface area contributed by atoms with Crippen LogP contribution in [0.2, 0.25) is 0 Å². The maximum Gasteiger partial charge on any atom is 0.249 e. The van der Waals surface area contributed by atoms with Gasteiger partial charge in [-0.15, -0.1) is 0 Å². The summed E-state index contributed by atoms with van der Waals surface area (Å²) in [6, 6.07) is 11.6. The molecule has 19 heavy (non-hydrogen) atoms. The molecule has 1 aromatic carbocycles. The van der Waals surface area contributed by atoms with Crippen LogP contribution in [0.4, 0.5) is 0 Å². The predicted molar refractivity (Wildman–Crippen MR) is 71.4 cm³/mol. The Kier molecular flexibility index (Phi) is 2.99. The van der Waals surface area contributed by atoms with Crippen molar-refractivity contribution in [1.82, 2.24) is 9.78 Å². The first kappa shape index (κ1) is 11.8. The average Bonchev–Trinajstić information content (AvgIpc) is 3.18. The minimum absolute atomic E-state index is 0.0215. The van der Waals surface area contributed by atoms with Crippen LogP contribution in [0.1, 0.15) is 13.3 Å². The van der Waals surface area contributed by atoms with Crippen LogP contribution in [0, 0.1) is 11.8 Å². The Morgan fingerprint density at radius 1 is 1.32 bits per heavy atom. The number of benzene rings is 1. The molecule has 2 atom stereocenters. The summed E-state index contributed by atoms with van der Waals surface area (Å²) in [5.74, 6) is 0.593. The highest BCUT2D eigenvalue weighted by atomic mass is 16.1. The lowest BCUT2D eigenvalue weighted by atomic mass is 10.3. The van der Waals surface area contributed by atoms with Crippen molar-refractivity contribution in [2.45, 2.75) is 13.3 Å². The third-order valence-corrected chi connectivity index (χ3v) is 3.39. The fourth-order valence-corrected chi connectivity index (χ4v) is 2.03. The molecule has 1 heterocycles. The van der Waals surface area contributed by atoms with E-state index in [-0.39, 0.29) is 11.8 Å². The Morgan fingerprint density at radius 2 is 2.05 bits per heavy atom. The summed E-state index contributed by atoms with van der Waals surface area (Å²) in [4.78, 5) is 15.8. The van der Waals surface area contributed by atoms with Gasteiger partial charge in [0, 0.05) is 12.1 Å². The lowest BCUT2D eigenvalue weighted by molar-refractivity contribution is -0.119. The monoisotopic (exact) mass is 253 g/mol. The first-order chi connectivity index (χ1) is 9.24. The average molecular weight is 253 g/mol. The molecule has 3 rings (SSSR count). The van der Waals surface area contributed by atoms with Crippen LogP contribution in [0.25, 0.3) is 5.69 Å². The molecular weight excluding hydrogens is 238 g/mol. The summed E-state index contributed by atoms with van der Waals surface area (Å²) >= 11 is 0. The molecule has 2 unspecified atom stereocenters. The van der Waals surface area contributed by atoms with Crippen molar-refractivity contribution in [3.8, 4) is 5.69 Å². The van der Waals surface area contributed by atoms with Crippen LogP contribution in [0.3, 0.4) is 0 Å². The van der Waals surface area contributed by atoms with Crippen molar-refractivity contribution in [3.63, 3.8) is 0 Å². The molecule has 0 bridgehead atoms. The molecule has 2 aromatic rings. The second kappa shape index (κ2) is 4.80. The maximum atomic E-state index is 11.7. The highest BCUT2D eigenvalue weighted by Gasteiger charge is 2.38. The van der Waals surface area contributed by atoms with E-state index in [1.54, 1.807) is 10.9 Å². The molecule has 1 aromatic heterocycles. The molecule has 4 nitrogen and oxygen atoms in total. The highest BCUT2D eigenvalue weighted by molar-refractivity contribution is 5.82. The number of amides is 1. The van der Waals surface area contributed by atoms with Gasteiger partial charge >= 0.3 is 0 Å². The summed E-state index contributed by atoms with van der Waals surface area (Å²) in [7, 11) is 0. The van der Waals surface area contributed by atoms with Gasteiger partial charge in [0.1, 0.15) is 0 Å². The van der Waals surface area contributed by atoms with E-state index in [4.69, 9.17) is 0 Å². The molecular formula is C15H15N3O. The van der Waals surface area contributed by atoms with E-state index in [1.165, 1.54) is 0 Å². The number of rotatable bonds is 2. The van der Waals surface area contributed by atoms with Crippen LogP contribution < -0.4 is 5.36 Å². The third-order valence-electron chi connectivity index (χ3n) is 3.39. The topological polar surface area (TPSA) is 47.2 Å². The molecule has 0 radical (unpaired) electrons. The molecule has 1 aliphatic rings. The van der Waals surface area contributed by atoms with Crippen LogP contribution in [0.15, 0.2) is 53.8 Å². The minimum atomic E-state index is -0.0215. The highest BCUT2D eigenvalue weighted by Crippen LogP contribution is 2.38. The van der Waals surface area contributed by atoms with Gasteiger partial charge in [0.15, 0.2) is 0 Å². The van der Waals surface area contributed by atoms with Crippen LogP contribution in [0.5, 0.6) is 0 Å². The number of aromatic nitrogens is 2. The number of nitrogens with zero attached hydrogens (tertiary/aromatic N) is 3. The SMILES string of the molecule is CC1CC1C(=O)/N=c1\ccn(-c2ccccc2)nc1. The Bertz CT molecular complexity index is 640. The zero-order valence-corrected chi connectivity index (χ0v) is 10.7. The van der Waals surface area contributed by atoms with Gasteiger partial charge in [0.2, 0.25) is 5.91 Å². The van der Waals surface area contributed by atoms with E-state index in [0.717, 1.165) is 12.1 Å². The lowest BCUT2D eigenvalue weighted by Gasteiger charge is -2.03. The van der Waals surface area contributed by atoms with Crippen molar-refractivity contribution in [2.75, 3.05) is 0 Å². The van der Waals surface area contributed by atoms with E-state index < -0.39 is 0 Å². The van der Waals surface area contributed by atoms with Gasteiger partial charge in [0.05, 0.1) is 17.2 Å². The second-order valence-corrected chi connectivity index (χ2v) is 4.93. The molecule has 1 aliphatic carbocycles. The molecule has 0 aliphatic heterocycles. The normalized spacial score (nSPS) is 22.3. The van der Waals surface area contributed by atoms with Gasteiger partial charge in [-0.3, -0.25) is 4.79 Å². The summed E-state index contributed by atoms with van der Waals surface area (Å²) in [6.07, 6.45) is 4.41. The quantitative estimate of drug-likeness (QED) is 0.821. The fraction of sp³-hybridized carbons (Fsp3) is 0.267. The summed E-state index contributed by atoms with van der Waals surface area (Å²) in [5, 5.41) is 4.89. The van der Waals surface area contributed by atoms with E-state index in [9.17, 15) is 4.79 Å². The molecule has 0 N–H and O–H groups in total. The third kappa shape index (κ3) is 2.62. The van der Waals surface area contributed by atoms with Gasteiger partial charge in [-0.25, -0.2) is 9.67 Å². The number of hydrogen-bond acceptors (Lipinski definition) is 2. The van der Waals surface area contributed by atoms with E-state index in [2.05, 4.69) is 17.0 Å². The number of para-hydroxylation sites is 1. The standard InChI is InChI=1S/C15H15N3O/c1-11-9-14(11)15(19)17-12-7-8-18(16-10-12)13-5-3-2-4-6-13/h2-8,10-11,14H,9H2,1H3/b17-12+. The molecule has 1 saturated carbocycles. The Hall–Kier alpha value is -2.23. The molecule has 4 heteroatoms. The number of hydrogen-bond donors (Lipinski definition) is 0. The minimum Gasteiger partial charge on any atom is -0.272 e. The molecule has 1 fully saturated rings. The van der Waals surface area contributed by atoms with Gasteiger partial charge in [-0.1, -0.05) is 25.1 Å². The molecule has 0 saturated heterocycles. The smallest absolute Gasteiger partial charge is 0.249 e. The van der Waals surface area contributed by atoms with Crippen LogP contribution >= 0.6 is 0 Å². The van der Waals surface area contributed by atoms with Crippen molar-refractivity contribution in [3.05, 3.63) is 54.1 Å². The van der Waals surface area contributed by atoms with Gasteiger partial charge in [-0.2, -0.15) is 5.10 Å². The van der Waals surface area contributed by atoms with Crippen LogP contribution in [-0.4, -0.2) is 15.7 Å². The van der Waals surface area contributed by atoms with Gasteiger partial charge in [0.25, 0.3) is 0 Å². The summed E-state index contributed by atoms with van der Waals surface area (Å²) in [5.41, 5.74) is 0.983. The summed E-state index contributed by atoms with van der Waals surface area (Å²) in [6.45, 7) is 2.07. The Balaban J connectivity index is 1.83. The van der Waals surface area contributed by atoms with E-state index >= 15 is 0 Å². The maximum absolute atomic E-state index is 11.7. The lowest BCUT2D eigenvalue weighted by Crippen LogP contribution is -2.12. The number of carbonyl (C=O) groups is 1. The Labute approximate surface area is 111 Å². The molecule has 0 spiro atoms. The van der Waals surface area contributed by atoms with E-state index in [1.807, 2.05) is 42.6 Å². The zero-order chi connectivity index (χ0) is 13.2. The first-order valence-corrected chi connectivity index (χ1v) is 6.43. The fourth-order valence-electron chi connectivity index (χ4n) is 2.03. The van der Waals surface area contributed by atoms with Crippen molar-refractivity contribution in [2.24, 2.45) is 16.8 Å². The first-order valence-electron chi connectivity index (χ1n) is 6.43. The van der Waals surface area contributed by atoms with Gasteiger partial charge in [-0.05, 0) is 30.5 Å².